The molecule has 14 atom stereocenters. The van der Waals surface area contributed by atoms with Crippen molar-refractivity contribution in [1.82, 2.24) is 115 Å². The van der Waals surface area contributed by atoms with E-state index in [-0.39, 0.29) is 150 Å². The summed E-state index contributed by atoms with van der Waals surface area (Å²) < 4.78 is 0. The lowest BCUT2D eigenvalue weighted by Crippen LogP contribution is -2.61. The second-order valence-electron chi connectivity index (χ2n) is 32.7. The van der Waals surface area contributed by atoms with E-state index in [0.29, 0.717) is 11.1 Å². The molecule has 3 fully saturated rings. The van der Waals surface area contributed by atoms with Crippen LogP contribution in [0.2, 0.25) is 0 Å². The maximum absolute atomic E-state index is 15.8. The van der Waals surface area contributed by atoms with Gasteiger partial charge in [0.1, 0.15) is 96.1 Å². The average molecular weight is 1990 g/mol. The number of nitrogens with zero attached hydrogens (tertiary/aromatic N) is 4. The zero-order valence-electron chi connectivity index (χ0n) is 75.7. The minimum absolute atomic E-state index is 0.0308. The molecule has 28 N–H and O–H groups in total. The van der Waals surface area contributed by atoms with Gasteiger partial charge < -0.3 is 137 Å². The fraction of sp³-hybridized carbons (Fsp3) is 0.455. The van der Waals surface area contributed by atoms with Gasteiger partial charge in [0.25, 0.3) is 0 Å². The molecule has 0 aliphatic carbocycles. The van der Waals surface area contributed by atoms with Crippen molar-refractivity contribution in [3.8, 4) is 11.5 Å². The summed E-state index contributed by atoms with van der Waals surface area (Å²) in [4.78, 5) is 253. The first-order chi connectivity index (χ1) is 66.2. The molecule has 4 aromatic carbocycles. The zero-order valence-corrected chi connectivity index (χ0v) is 78.9. The number of guanidine groups is 2. The number of aromatic nitrogens is 4. The smallest absolute Gasteiger partial charge is 0.326 e. The summed E-state index contributed by atoms with van der Waals surface area (Å²) >= 11 is 0. The Labute approximate surface area is 809 Å². The molecule has 0 saturated carbocycles. The number of phenols is 2. The molecule has 744 valence electrons. The Kier molecular flexibility index (Phi) is 43.4. The number of nitrogens with one attached hydrogen (secondary N) is 20. The molecular formula is C88H118N26O20S4. The number of phenolic OH excluding ortho intramolecular Hbond substituents is 2. The largest absolute Gasteiger partial charge is 0.508 e. The second-order valence-corrected chi connectivity index (χ2v) is 37.8. The third kappa shape index (κ3) is 35.1. The molecule has 4 unspecified atom stereocenters. The zero-order chi connectivity index (χ0) is 99.7. The van der Waals surface area contributed by atoms with Gasteiger partial charge in [-0.05, 0) is 112 Å². The maximum Gasteiger partial charge on any atom is 0.326 e. The summed E-state index contributed by atoms with van der Waals surface area (Å²) in [5.41, 5.74) is 13.3. The van der Waals surface area contributed by atoms with E-state index in [0.717, 1.165) is 43.2 Å². The van der Waals surface area contributed by atoms with E-state index in [4.69, 9.17) is 22.3 Å². The Balaban J connectivity index is 1.14. The summed E-state index contributed by atoms with van der Waals surface area (Å²) in [5, 5.41) is 100. The van der Waals surface area contributed by atoms with Gasteiger partial charge in [-0.3, -0.25) is 77.9 Å². The first-order valence-corrected chi connectivity index (χ1v) is 49.4. The van der Waals surface area contributed by atoms with Gasteiger partial charge in [-0.2, -0.15) is 0 Å². The fourth-order valence-electron chi connectivity index (χ4n) is 15.2. The molecule has 9 rings (SSSR count). The minimum atomic E-state index is -1.82. The number of aromatic amines is 2. The van der Waals surface area contributed by atoms with Gasteiger partial charge in [0.15, 0.2) is 11.9 Å². The van der Waals surface area contributed by atoms with Crippen LogP contribution >= 0.6 is 43.2 Å². The summed E-state index contributed by atoms with van der Waals surface area (Å²) in [5.74, 6) is -19.3. The topological polar surface area (TPSA) is 710 Å². The number of hydrogen-bond donors (Lipinski definition) is 26. The highest BCUT2D eigenvalue weighted by Gasteiger charge is 2.44. The number of carboxylic acid groups (broad SMARTS) is 2. The molecule has 0 spiro atoms. The van der Waals surface area contributed by atoms with E-state index < -0.39 is 227 Å². The Morgan fingerprint density at radius 3 is 1.15 bits per heavy atom. The van der Waals surface area contributed by atoms with Gasteiger partial charge in [-0.25, -0.2) is 19.6 Å². The highest BCUT2D eigenvalue weighted by atomic mass is 33.1. The molecule has 6 aromatic rings. The third-order valence-electron chi connectivity index (χ3n) is 22.2. The van der Waals surface area contributed by atoms with Crippen LogP contribution < -0.4 is 96.5 Å². The normalized spacial score (nSPS) is 19.8. The SMILES string of the molecule is CNCC(=O)N[C@@H](CCCNC(=N)N)C(=O)NC1CSSC[C@@H](C(=O)N[C@@H](Cc2c[nH]cn2)C(=O)N2CCC[C@H]2C(=O)N[C@@H](Cc2ccccc2)C(=O)O)NC(=O)C(Cc2ccc(O)cc2)NC(=O)C(NC(=O)[C@H](CCCNC(=N)N)NC(=O)CNC)CSSC[C@@H](C(=O)N[C@@H](Cc2c[nH]cn2)C(=O)N2CCC[C@H]2C(=O)N[C@@H](Cc2ccccc2)C(=O)O)NC(=O)C(Cc2ccc(O)cc2)NC1=O. The molecule has 0 bridgehead atoms. The van der Waals surface area contributed by atoms with Crippen molar-refractivity contribution in [2.75, 3.05) is 76.4 Å². The van der Waals surface area contributed by atoms with Crippen LogP contribution in [0.5, 0.6) is 11.5 Å². The molecule has 3 aliphatic rings. The van der Waals surface area contributed by atoms with Crippen molar-refractivity contribution >= 4 is 150 Å². The van der Waals surface area contributed by atoms with Crippen LogP contribution in [0.25, 0.3) is 0 Å². The summed E-state index contributed by atoms with van der Waals surface area (Å²) in [6.07, 6.45) is 4.14. The Bertz CT molecular complexity index is 4830. The number of carbonyl (C=O) groups excluding carboxylic acids is 14. The van der Waals surface area contributed by atoms with Crippen LogP contribution in [0.4, 0.5) is 0 Å². The molecule has 3 aliphatic heterocycles. The van der Waals surface area contributed by atoms with Crippen LogP contribution in [0.15, 0.2) is 134 Å². The number of amides is 14. The van der Waals surface area contributed by atoms with Crippen molar-refractivity contribution in [3.05, 3.63) is 168 Å². The predicted octanol–water partition coefficient (Wildman–Crippen LogP) is -3.99. The number of H-pyrrole nitrogens is 2. The van der Waals surface area contributed by atoms with E-state index in [9.17, 15) is 58.8 Å². The molecule has 14 amide bonds. The van der Waals surface area contributed by atoms with Crippen molar-refractivity contribution in [2.24, 2.45) is 11.5 Å². The maximum atomic E-state index is 15.8. The standard InChI is InChI=1S/C88H118N26O20S4/c1-93-41-71(117)101-57(17-9-29-97-87(89)90)73(119)109-65-43-135-137-45-67(79(125)105-61(37-53-39-95-47-99-53)83(129)113-31-11-19-69(113)81(127)107-63(85(131)132)35-49-13-5-3-6-14-49)112-76(122)60(34-52-23-27-56(116)28-24-52)104-78(124)66(110-74(120)58(102-72(118)42-94-2)18-10-30-98-88(91)92)44-136-138-46-68(111-75(121)59(103-77(65)123)33-51-21-25-55(115)26-22-51)80(126)106-62(38-54-40-96-48-100-54)84(130)114-32-12-20-70(114)82(128)108-64(86(133)134)36-50-15-7-4-8-16-50/h3-8,13-16,21-28,39-40,47-48,57-70,93-94,115-116H,9-12,17-20,29-38,41-46H2,1-2H3,(H,95,99)(H,96,100)(H,101,117)(H,102,118)(H,103,123)(H,104,124)(H,105,125)(H,106,126)(H,107,127)(H,108,128)(H,109,119)(H,110,120)(H,111,121)(H,112,122)(H,131,132)(H,133,134)(H4,89,90,97)(H4,91,92,98)/t57-,58-,59?,60?,61-,62-,63-,64-,65?,66?,67-,68-,69-,70-/m0/s1. The van der Waals surface area contributed by atoms with Crippen molar-refractivity contribution in [2.45, 2.75) is 174 Å². The van der Waals surface area contributed by atoms with Gasteiger partial charge in [0, 0.05) is 100 Å². The number of rotatable bonds is 42. The number of aromatic hydroxyl groups is 2. The lowest BCUT2D eigenvalue weighted by Gasteiger charge is -2.31. The number of aliphatic carboxylic acids is 2. The first kappa shape index (κ1) is 108. The van der Waals surface area contributed by atoms with E-state index in [1.165, 1.54) is 97.5 Å². The molecule has 5 heterocycles. The fourth-order valence-corrected chi connectivity index (χ4v) is 19.9. The summed E-state index contributed by atoms with van der Waals surface area (Å²) in [6, 6.07) is 5.50. The van der Waals surface area contributed by atoms with E-state index in [2.05, 4.69) is 105 Å². The molecule has 3 saturated heterocycles. The number of benzene rings is 4. The van der Waals surface area contributed by atoms with Gasteiger partial charge in [-0.15, -0.1) is 0 Å². The first-order valence-electron chi connectivity index (χ1n) is 44.4. The number of likely N-dealkylation sites (tertiary alicyclic amines) is 2. The second kappa shape index (κ2) is 55.5. The lowest BCUT2D eigenvalue weighted by atomic mass is 10.0. The quantitative estimate of drug-likeness (QED) is 0.00752. The summed E-state index contributed by atoms with van der Waals surface area (Å²) in [7, 11) is 6.15. The molecule has 138 heavy (non-hydrogen) atoms. The van der Waals surface area contributed by atoms with Gasteiger partial charge in [0.2, 0.25) is 82.7 Å². The number of hydrogen-bond acceptors (Lipinski definition) is 28. The highest BCUT2D eigenvalue weighted by Crippen LogP contribution is 2.29. The minimum Gasteiger partial charge on any atom is -0.508 e. The van der Waals surface area contributed by atoms with Crippen LogP contribution in [0, 0.1) is 10.8 Å². The third-order valence-corrected chi connectivity index (χ3v) is 27.1. The average Bonchev–Trinajstić information content (AvgIpc) is 1.72. The summed E-state index contributed by atoms with van der Waals surface area (Å²) in [6.45, 7) is -0.639. The monoisotopic (exact) mass is 1990 g/mol. The molecule has 46 nitrogen and oxygen atoms in total. The van der Waals surface area contributed by atoms with E-state index in [1.54, 1.807) is 60.7 Å². The highest BCUT2D eigenvalue weighted by molar-refractivity contribution is 8.77. The number of likely N-dealkylation sites (N-methyl/N-ethyl adjacent to an activating group) is 2. The van der Waals surface area contributed by atoms with E-state index in [1.807, 2.05) is 0 Å². The van der Waals surface area contributed by atoms with Crippen molar-refractivity contribution in [3.63, 3.8) is 0 Å². The van der Waals surface area contributed by atoms with Gasteiger partial charge >= 0.3 is 11.9 Å². The van der Waals surface area contributed by atoms with Crippen molar-refractivity contribution in [1.29, 1.82) is 10.8 Å². The van der Waals surface area contributed by atoms with E-state index >= 15 is 38.4 Å². The molecule has 2 aromatic heterocycles. The molecular weight excluding hydrogens is 1870 g/mol. The predicted molar refractivity (Wildman–Crippen MR) is 512 cm³/mol. The number of carboxylic acids is 2. The van der Waals surface area contributed by atoms with Crippen LogP contribution in [-0.2, 0) is 115 Å². The molecule has 50 heteroatoms. The van der Waals surface area contributed by atoms with Crippen LogP contribution in [0.1, 0.15) is 85.0 Å². The Morgan fingerprint density at radius 1 is 0.449 bits per heavy atom. The Hall–Kier alpha value is -13.7. The van der Waals surface area contributed by atoms with Crippen LogP contribution in [-0.4, -0.2) is 318 Å². The van der Waals surface area contributed by atoms with Crippen molar-refractivity contribution < 1.29 is 97.1 Å². The molecule has 0 radical (unpaired) electrons. The van der Waals surface area contributed by atoms with Gasteiger partial charge in [-0.1, -0.05) is 128 Å². The lowest BCUT2D eigenvalue weighted by molar-refractivity contribution is -0.145. The number of carbonyl (C=O) groups is 16. The van der Waals surface area contributed by atoms with Gasteiger partial charge in [0.05, 0.1) is 37.1 Å². The Morgan fingerprint density at radius 2 is 0.812 bits per heavy atom. The number of nitrogens with two attached hydrogens (primary N) is 2. The number of imidazole rings is 2. The van der Waals surface area contributed by atoms with Crippen LogP contribution in [0.3, 0.4) is 0 Å².